The average molecular weight is 644 g/mol. The molecule has 240 valence electrons. The fourth-order valence-corrected chi connectivity index (χ4v) is 5.71. The van der Waals surface area contributed by atoms with Crippen LogP contribution in [0.2, 0.25) is 0 Å². The number of aliphatic imine (C=N–C) groups is 1. The van der Waals surface area contributed by atoms with Gasteiger partial charge in [0, 0.05) is 49.4 Å². The Labute approximate surface area is 259 Å². The van der Waals surface area contributed by atoms with Crippen molar-refractivity contribution in [1.82, 2.24) is 24.7 Å². The molecule has 3 aromatic rings. The first-order valence-electron chi connectivity index (χ1n) is 14.2. The van der Waals surface area contributed by atoms with Crippen molar-refractivity contribution < 1.29 is 31.1 Å². The third kappa shape index (κ3) is 5.93. The van der Waals surface area contributed by atoms with E-state index in [2.05, 4.69) is 32.3 Å². The number of amides is 1. The number of carbonyl (C=O) groups excluding carboxylic acids is 1. The predicted molar refractivity (Wildman–Crippen MR) is 157 cm³/mol. The van der Waals surface area contributed by atoms with Gasteiger partial charge in [-0.25, -0.2) is 23.2 Å². The maximum atomic E-state index is 14.6. The Balaban J connectivity index is 1.19. The van der Waals surface area contributed by atoms with E-state index in [1.165, 1.54) is 29.1 Å². The summed E-state index contributed by atoms with van der Waals surface area (Å²) in [4.78, 5) is 21.2. The highest BCUT2D eigenvalue weighted by molar-refractivity contribution is 6.04. The van der Waals surface area contributed by atoms with Crippen LogP contribution in [0.1, 0.15) is 36.6 Å². The SMILES string of the molecule is C=NN1C=CC(N2C[C@@H](F)C[C@@H]2c2cc(F)ccc2F)=N/C1=C(/C)C(=O)Nc1ccc(N2CCn3c(nnc3C(F)(F)F)C2)cc1. The molecule has 1 N–H and O–H groups in total. The van der Waals surface area contributed by atoms with Crippen LogP contribution in [0.3, 0.4) is 0 Å². The van der Waals surface area contributed by atoms with Gasteiger partial charge in [0.15, 0.2) is 11.6 Å². The average Bonchev–Trinajstić information content (AvgIpc) is 3.65. The van der Waals surface area contributed by atoms with E-state index in [4.69, 9.17) is 0 Å². The number of hydrogen-bond donors (Lipinski definition) is 1. The molecule has 0 saturated carbocycles. The largest absolute Gasteiger partial charge is 0.451 e. The normalized spacial score (nSPS) is 20.8. The van der Waals surface area contributed by atoms with E-state index in [-0.39, 0.29) is 54.7 Å². The van der Waals surface area contributed by atoms with Crippen LogP contribution in [0, 0.1) is 11.6 Å². The quantitative estimate of drug-likeness (QED) is 0.228. The second-order valence-electron chi connectivity index (χ2n) is 10.9. The van der Waals surface area contributed by atoms with E-state index in [9.17, 15) is 31.1 Å². The highest BCUT2D eigenvalue weighted by Gasteiger charge is 2.40. The molecule has 2 aromatic carbocycles. The van der Waals surface area contributed by atoms with Crippen LogP contribution >= 0.6 is 0 Å². The van der Waals surface area contributed by atoms with Crippen molar-refractivity contribution in [2.45, 2.75) is 44.8 Å². The van der Waals surface area contributed by atoms with Gasteiger partial charge < -0.3 is 19.7 Å². The molecule has 0 spiro atoms. The molecule has 3 aliphatic rings. The molecule has 10 nitrogen and oxygen atoms in total. The first kappa shape index (κ1) is 30.9. The van der Waals surface area contributed by atoms with E-state index >= 15 is 0 Å². The molecule has 4 heterocycles. The van der Waals surface area contributed by atoms with Gasteiger partial charge in [-0.05, 0) is 55.5 Å². The third-order valence-corrected chi connectivity index (χ3v) is 7.99. The fourth-order valence-electron chi connectivity index (χ4n) is 5.71. The van der Waals surface area contributed by atoms with E-state index in [0.717, 1.165) is 22.8 Å². The predicted octanol–water partition coefficient (Wildman–Crippen LogP) is 5.39. The van der Waals surface area contributed by atoms with E-state index in [1.54, 1.807) is 24.3 Å². The number of fused-ring (bicyclic) bond motifs is 1. The van der Waals surface area contributed by atoms with Gasteiger partial charge in [-0.15, -0.1) is 10.2 Å². The molecule has 3 aliphatic heterocycles. The number of halogens is 6. The van der Waals surface area contributed by atoms with Crippen molar-refractivity contribution >= 4 is 29.8 Å². The number of likely N-dealkylation sites (tertiary alicyclic amines) is 1. The molecule has 2 atom stereocenters. The second-order valence-corrected chi connectivity index (χ2v) is 10.9. The number of anilines is 2. The highest BCUT2D eigenvalue weighted by Crippen LogP contribution is 2.37. The van der Waals surface area contributed by atoms with Crippen molar-refractivity contribution in [3.63, 3.8) is 0 Å². The van der Waals surface area contributed by atoms with Crippen molar-refractivity contribution in [1.29, 1.82) is 0 Å². The first-order chi connectivity index (χ1) is 21.9. The number of hydrazone groups is 1. The number of carbonyl (C=O) groups is 1. The molecular weight excluding hydrogens is 616 g/mol. The molecule has 0 radical (unpaired) electrons. The molecule has 0 bridgehead atoms. The number of aromatic nitrogens is 3. The Morgan fingerprint density at radius 3 is 2.57 bits per heavy atom. The lowest BCUT2D eigenvalue weighted by molar-refractivity contribution is -0.147. The molecule has 1 amide bonds. The zero-order valence-corrected chi connectivity index (χ0v) is 24.3. The Kier molecular flexibility index (Phi) is 8.04. The molecule has 0 aliphatic carbocycles. The summed E-state index contributed by atoms with van der Waals surface area (Å²) in [5, 5.41) is 14.9. The molecule has 1 fully saturated rings. The number of alkyl halides is 4. The van der Waals surface area contributed by atoms with Gasteiger partial charge in [0.25, 0.3) is 5.91 Å². The standard InChI is InChI=1S/C30H27F6N9O/c1-17(27-39-25(9-10-45(27)37-2)44-15-19(32)14-24(44)22-13-18(31)3-8-23(22)33)28(46)38-20-4-6-21(7-5-20)42-11-12-43-26(16-42)40-41-29(43)30(34,35)36/h3-10,13,19,24H,2,11-12,14-16H2,1H3,(H,38,46)/b27-17+/t19-,24+/m0/s1. The van der Waals surface area contributed by atoms with Crippen LogP contribution in [-0.4, -0.2) is 62.4 Å². The van der Waals surface area contributed by atoms with Gasteiger partial charge in [-0.3, -0.25) is 4.79 Å². The number of amidine groups is 1. The van der Waals surface area contributed by atoms with Crippen LogP contribution in [-0.2, 0) is 24.1 Å². The van der Waals surface area contributed by atoms with Crippen molar-refractivity contribution in [3.8, 4) is 0 Å². The summed E-state index contributed by atoms with van der Waals surface area (Å²) in [7, 11) is 0. The zero-order chi connectivity index (χ0) is 32.7. The van der Waals surface area contributed by atoms with Crippen molar-refractivity contribution in [3.05, 3.63) is 95.0 Å². The van der Waals surface area contributed by atoms with Crippen LogP contribution in [0.25, 0.3) is 0 Å². The maximum Gasteiger partial charge on any atom is 0.451 e. The van der Waals surface area contributed by atoms with Crippen LogP contribution in [0.4, 0.5) is 37.7 Å². The highest BCUT2D eigenvalue weighted by atomic mass is 19.4. The number of nitrogens with zero attached hydrogens (tertiary/aromatic N) is 8. The van der Waals surface area contributed by atoms with E-state index in [0.29, 0.717) is 17.9 Å². The molecule has 1 saturated heterocycles. The Morgan fingerprint density at radius 2 is 1.85 bits per heavy atom. The molecule has 16 heteroatoms. The van der Waals surface area contributed by atoms with Gasteiger partial charge in [-0.2, -0.15) is 18.3 Å². The minimum atomic E-state index is -4.59. The second kappa shape index (κ2) is 12.0. The summed E-state index contributed by atoms with van der Waals surface area (Å²) >= 11 is 0. The topological polar surface area (TPSA) is 94.2 Å². The Morgan fingerprint density at radius 1 is 1.09 bits per heavy atom. The Hall–Kier alpha value is -5.15. The van der Waals surface area contributed by atoms with Crippen molar-refractivity contribution in [2.24, 2.45) is 10.1 Å². The van der Waals surface area contributed by atoms with Gasteiger partial charge in [0.1, 0.15) is 23.6 Å². The number of benzene rings is 2. The Bertz CT molecular complexity index is 1760. The van der Waals surface area contributed by atoms with Gasteiger partial charge in [0.05, 0.1) is 24.7 Å². The van der Waals surface area contributed by atoms with Crippen LogP contribution < -0.4 is 10.2 Å². The summed E-state index contributed by atoms with van der Waals surface area (Å²) in [6, 6.07) is 8.94. The monoisotopic (exact) mass is 643 g/mol. The summed E-state index contributed by atoms with van der Waals surface area (Å²) in [5.74, 6) is -2.34. The van der Waals surface area contributed by atoms with Gasteiger partial charge in [0.2, 0.25) is 5.82 Å². The summed E-state index contributed by atoms with van der Waals surface area (Å²) in [5.41, 5.74) is 1.29. The lowest BCUT2D eigenvalue weighted by Gasteiger charge is -2.30. The van der Waals surface area contributed by atoms with Crippen LogP contribution in [0.15, 0.2) is 76.2 Å². The summed E-state index contributed by atoms with van der Waals surface area (Å²) in [6.07, 6.45) is -2.97. The summed E-state index contributed by atoms with van der Waals surface area (Å²) < 4.78 is 83.8. The molecular formula is C30H27F6N9O. The minimum absolute atomic E-state index is 0.00136. The lowest BCUT2D eigenvalue weighted by atomic mass is 10.0. The lowest BCUT2D eigenvalue weighted by Crippen LogP contribution is -2.35. The zero-order valence-electron chi connectivity index (χ0n) is 24.3. The van der Waals surface area contributed by atoms with Crippen LogP contribution in [0.5, 0.6) is 0 Å². The molecule has 46 heavy (non-hydrogen) atoms. The fraction of sp³-hybridized carbons (Fsp3) is 0.300. The smallest absolute Gasteiger partial charge is 0.362 e. The first-order valence-corrected chi connectivity index (χ1v) is 14.2. The van der Waals surface area contributed by atoms with Gasteiger partial charge >= 0.3 is 6.18 Å². The summed E-state index contributed by atoms with van der Waals surface area (Å²) in [6.45, 7) is 5.41. The number of nitrogens with one attached hydrogen (secondary N) is 1. The molecule has 0 unspecified atom stereocenters. The maximum absolute atomic E-state index is 14.6. The third-order valence-electron chi connectivity index (χ3n) is 7.99. The van der Waals surface area contributed by atoms with E-state index < -0.39 is 41.8 Å². The van der Waals surface area contributed by atoms with Crippen molar-refractivity contribution in [2.75, 3.05) is 23.3 Å². The van der Waals surface area contributed by atoms with E-state index in [1.807, 2.05) is 4.90 Å². The molecule has 1 aromatic heterocycles. The molecule has 6 rings (SSSR count). The number of rotatable bonds is 5. The minimum Gasteiger partial charge on any atom is -0.362 e. The number of hydrogen-bond acceptors (Lipinski definition) is 8. The van der Waals surface area contributed by atoms with Gasteiger partial charge in [-0.1, -0.05) is 0 Å².